The van der Waals surface area contributed by atoms with E-state index in [0.29, 0.717) is 10.8 Å². The number of halogens is 1. The number of methoxy groups -OCH3 is 2. The summed E-state index contributed by atoms with van der Waals surface area (Å²) < 4.78 is 10.3. The van der Waals surface area contributed by atoms with Gasteiger partial charge in [0.2, 0.25) is 0 Å². The topological polar surface area (TPSA) is 44.5 Å². The molecule has 0 bridgehead atoms. The van der Waals surface area contributed by atoms with Gasteiger partial charge in [-0.1, -0.05) is 29.8 Å². The fourth-order valence-corrected chi connectivity index (χ4v) is 2.31. The zero-order valence-electron chi connectivity index (χ0n) is 11.6. The van der Waals surface area contributed by atoms with E-state index in [1.54, 1.807) is 14.2 Å². The van der Waals surface area contributed by atoms with Crippen molar-refractivity contribution in [1.29, 1.82) is 0 Å². The first-order chi connectivity index (χ1) is 9.63. The molecule has 0 aliphatic carbocycles. The largest absolute Gasteiger partial charge is 0.497 e. The van der Waals surface area contributed by atoms with Crippen LogP contribution >= 0.6 is 11.6 Å². The smallest absolute Gasteiger partial charge is 0.137 e. The third-order valence-corrected chi connectivity index (χ3v) is 3.51. The molecule has 0 saturated heterocycles. The molecule has 4 heteroatoms. The number of ether oxygens (including phenoxy) is 2. The molecular formula is C16H18ClNO2. The highest BCUT2D eigenvalue weighted by atomic mass is 35.5. The van der Waals surface area contributed by atoms with Gasteiger partial charge in [0.05, 0.1) is 19.2 Å². The van der Waals surface area contributed by atoms with Gasteiger partial charge in [0.15, 0.2) is 0 Å². The third kappa shape index (κ3) is 3.44. The van der Waals surface area contributed by atoms with Gasteiger partial charge < -0.3 is 15.2 Å². The zero-order chi connectivity index (χ0) is 14.5. The highest BCUT2D eigenvalue weighted by Crippen LogP contribution is 2.28. The summed E-state index contributed by atoms with van der Waals surface area (Å²) in [6.45, 7) is 0. The van der Waals surface area contributed by atoms with Crippen molar-refractivity contribution in [3.8, 4) is 11.5 Å². The lowest BCUT2D eigenvalue weighted by molar-refractivity contribution is 0.414. The molecule has 106 valence electrons. The summed E-state index contributed by atoms with van der Waals surface area (Å²) in [5.41, 5.74) is 8.38. The zero-order valence-corrected chi connectivity index (χ0v) is 12.4. The van der Waals surface area contributed by atoms with Crippen molar-refractivity contribution < 1.29 is 9.47 Å². The van der Waals surface area contributed by atoms with Gasteiger partial charge in [-0.25, -0.2) is 0 Å². The summed E-state index contributed by atoms with van der Waals surface area (Å²) >= 11 is 6.12. The van der Waals surface area contributed by atoms with Crippen molar-refractivity contribution in [3.05, 3.63) is 58.6 Å². The highest BCUT2D eigenvalue weighted by molar-refractivity contribution is 6.32. The molecule has 0 radical (unpaired) electrons. The molecule has 1 unspecified atom stereocenters. The third-order valence-electron chi connectivity index (χ3n) is 3.22. The molecule has 0 fully saturated rings. The van der Waals surface area contributed by atoms with Gasteiger partial charge in [0.1, 0.15) is 11.5 Å². The van der Waals surface area contributed by atoms with Crippen LogP contribution in [0.2, 0.25) is 5.02 Å². The molecule has 0 heterocycles. The van der Waals surface area contributed by atoms with E-state index in [9.17, 15) is 0 Å². The predicted octanol–water partition coefficient (Wildman–Crippen LogP) is 3.60. The van der Waals surface area contributed by atoms with Gasteiger partial charge in [-0.3, -0.25) is 0 Å². The molecule has 2 rings (SSSR count). The number of rotatable bonds is 5. The van der Waals surface area contributed by atoms with Crippen molar-refractivity contribution in [2.24, 2.45) is 5.73 Å². The number of hydrogen-bond donors (Lipinski definition) is 1. The summed E-state index contributed by atoms with van der Waals surface area (Å²) in [4.78, 5) is 0. The number of nitrogens with two attached hydrogens (primary N) is 1. The fourth-order valence-electron chi connectivity index (χ4n) is 2.05. The van der Waals surface area contributed by atoms with Gasteiger partial charge in [-0.05, 0) is 41.8 Å². The number of benzene rings is 2. The van der Waals surface area contributed by atoms with Gasteiger partial charge in [0, 0.05) is 6.04 Å². The standard InChI is InChI=1S/C16H18ClNO2/c1-19-13-6-3-11(4-7-13)9-15(18)12-5-8-16(20-2)14(17)10-12/h3-8,10,15H,9,18H2,1-2H3. The molecule has 0 amide bonds. The normalized spacial score (nSPS) is 12.0. The van der Waals surface area contributed by atoms with Crippen LogP contribution in [0.5, 0.6) is 11.5 Å². The van der Waals surface area contributed by atoms with Crippen LogP contribution in [0.4, 0.5) is 0 Å². The van der Waals surface area contributed by atoms with Gasteiger partial charge in [-0.15, -0.1) is 0 Å². The molecule has 0 saturated carbocycles. The first kappa shape index (κ1) is 14.7. The summed E-state index contributed by atoms with van der Waals surface area (Å²) in [5.74, 6) is 1.50. The van der Waals surface area contributed by atoms with Crippen molar-refractivity contribution in [3.63, 3.8) is 0 Å². The molecule has 0 aromatic heterocycles. The Morgan fingerprint density at radius 1 is 1.05 bits per heavy atom. The number of hydrogen-bond acceptors (Lipinski definition) is 3. The Kier molecular flexibility index (Phi) is 4.88. The maximum absolute atomic E-state index is 6.23. The molecule has 3 nitrogen and oxygen atoms in total. The minimum Gasteiger partial charge on any atom is -0.497 e. The molecule has 0 aliphatic rings. The molecular weight excluding hydrogens is 274 g/mol. The Bertz CT molecular complexity index is 569. The summed E-state index contributed by atoms with van der Waals surface area (Å²) in [7, 11) is 3.25. The van der Waals surface area contributed by atoms with Crippen LogP contribution in [0.3, 0.4) is 0 Å². The maximum Gasteiger partial charge on any atom is 0.137 e. The van der Waals surface area contributed by atoms with E-state index in [4.69, 9.17) is 26.8 Å². The van der Waals surface area contributed by atoms with Crippen LogP contribution in [0.15, 0.2) is 42.5 Å². The second-order valence-electron chi connectivity index (χ2n) is 4.55. The van der Waals surface area contributed by atoms with Crippen LogP contribution in [0, 0.1) is 0 Å². The molecule has 2 N–H and O–H groups in total. The van der Waals surface area contributed by atoms with Crippen LogP contribution in [0.1, 0.15) is 17.2 Å². The van der Waals surface area contributed by atoms with Gasteiger partial charge >= 0.3 is 0 Å². The lowest BCUT2D eigenvalue weighted by atomic mass is 9.99. The van der Waals surface area contributed by atoms with E-state index in [-0.39, 0.29) is 6.04 Å². The highest BCUT2D eigenvalue weighted by Gasteiger charge is 2.10. The van der Waals surface area contributed by atoms with Crippen molar-refractivity contribution in [2.75, 3.05) is 14.2 Å². The Labute approximate surface area is 124 Å². The lowest BCUT2D eigenvalue weighted by Crippen LogP contribution is -2.13. The van der Waals surface area contributed by atoms with E-state index in [1.165, 1.54) is 0 Å². The average Bonchev–Trinajstić information content (AvgIpc) is 2.48. The Balaban J connectivity index is 2.10. The molecule has 1 atom stereocenters. The second-order valence-corrected chi connectivity index (χ2v) is 4.96. The Hall–Kier alpha value is -1.71. The summed E-state index contributed by atoms with van der Waals surface area (Å²) in [6.07, 6.45) is 0.743. The molecule has 20 heavy (non-hydrogen) atoms. The monoisotopic (exact) mass is 291 g/mol. The Morgan fingerprint density at radius 2 is 1.75 bits per heavy atom. The van der Waals surface area contributed by atoms with Crippen molar-refractivity contribution >= 4 is 11.6 Å². The van der Waals surface area contributed by atoms with E-state index < -0.39 is 0 Å². The molecule has 0 aliphatic heterocycles. The second kappa shape index (κ2) is 6.64. The predicted molar refractivity (Wildman–Crippen MR) is 81.6 cm³/mol. The summed E-state index contributed by atoms with van der Waals surface area (Å²) in [6, 6.07) is 13.4. The fraction of sp³-hybridized carbons (Fsp3) is 0.250. The van der Waals surface area contributed by atoms with Crippen molar-refractivity contribution in [2.45, 2.75) is 12.5 Å². The van der Waals surface area contributed by atoms with E-state index in [2.05, 4.69) is 0 Å². The van der Waals surface area contributed by atoms with E-state index in [0.717, 1.165) is 23.3 Å². The SMILES string of the molecule is COc1ccc(CC(N)c2ccc(OC)c(Cl)c2)cc1. The quantitative estimate of drug-likeness (QED) is 0.915. The van der Waals surface area contributed by atoms with Gasteiger partial charge in [-0.2, -0.15) is 0 Å². The van der Waals surface area contributed by atoms with Crippen LogP contribution in [-0.4, -0.2) is 14.2 Å². The summed E-state index contributed by atoms with van der Waals surface area (Å²) in [5, 5.41) is 0.579. The van der Waals surface area contributed by atoms with Crippen LogP contribution < -0.4 is 15.2 Å². The molecule has 0 spiro atoms. The van der Waals surface area contributed by atoms with E-state index in [1.807, 2.05) is 42.5 Å². The van der Waals surface area contributed by atoms with Crippen molar-refractivity contribution in [1.82, 2.24) is 0 Å². The lowest BCUT2D eigenvalue weighted by Gasteiger charge is -2.14. The minimum atomic E-state index is -0.105. The Morgan fingerprint density at radius 3 is 2.30 bits per heavy atom. The first-order valence-electron chi connectivity index (χ1n) is 6.36. The van der Waals surface area contributed by atoms with Crippen LogP contribution in [-0.2, 0) is 6.42 Å². The minimum absolute atomic E-state index is 0.105. The van der Waals surface area contributed by atoms with E-state index >= 15 is 0 Å². The maximum atomic E-state index is 6.23. The molecule has 2 aromatic rings. The van der Waals surface area contributed by atoms with Crippen LogP contribution in [0.25, 0.3) is 0 Å². The average molecular weight is 292 g/mol. The van der Waals surface area contributed by atoms with Gasteiger partial charge in [0.25, 0.3) is 0 Å². The molecule has 2 aromatic carbocycles. The first-order valence-corrected chi connectivity index (χ1v) is 6.73.